The third-order valence-corrected chi connectivity index (χ3v) is 4.60. The molecule has 0 spiro atoms. The van der Waals surface area contributed by atoms with Gasteiger partial charge in [0.2, 0.25) is 0 Å². The minimum absolute atomic E-state index is 0.664. The summed E-state index contributed by atoms with van der Waals surface area (Å²) in [5, 5.41) is 11.5. The Morgan fingerprint density at radius 2 is 1.90 bits per heavy atom. The molecule has 4 heteroatoms. The van der Waals surface area contributed by atoms with Crippen molar-refractivity contribution in [1.82, 2.24) is 14.9 Å². The monoisotopic (exact) mass is 287 g/mol. The number of rotatable bonds is 4. The average Bonchev–Trinajstić information content (AvgIpc) is 2.73. The van der Waals surface area contributed by atoms with Gasteiger partial charge in [0, 0.05) is 41.8 Å². The molecule has 21 heavy (non-hydrogen) atoms. The molecule has 0 amide bonds. The van der Waals surface area contributed by atoms with Crippen molar-refractivity contribution in [3.05, 3.63) is 35.7 Å². The predicted molar refractivity (Wildman–Crippen MR) is 85.6 cm³/mol. The molecule has 0 atom stereocenters. The fourth-order valence-corrected chi connectivity index (χ4v) is 3.49. The molecule has 2 N–H and O–H groups in total. The normalized spacial score (nSPS) is 16.7. The minimum Gasteiger partial charge on any atom is -0.347 e. The van der Waals surface area contributed by atoms with E-state index in [2.05, 4.69) is 46.1 Å². The summed E-state index contributed by atoms with van der Waals surface area (Å²) in [5.74, 6) is 0. The van der Waals surface area contributed by atoms with Gasteiger partial charge in [-0.3, -0.25) is 4.90 Å². The van der Waals surface area contributed by atoms with E-state index in [-0.39, 0.29) is 0 Å². The van der Waals surface area contributed by atoms with Gasteiger partial charge < -0.3 is 9.77 Å². The van der Waals surface area contributed by atoms with Crippen molar-refractivity contribution in [3.8, 4) is 0 Å². The first-order chi connectivity index (χ1) is 10.3. The molecule has 2 aromatic rings. The van der Waals surface area contributed by atoms with Crippen LogP contribution in [0.15, 0.2) is 24.3 Å². The van der Waals surface area contributed by atoms with Gasteiger partial charge in [-0.25, -0.2) is 5.48 Å². The molecule has 2 heterocycles. The fourth-order valence-electron chi connectivity index (χ4n) is 3.49. The molecule has 0 saturated carbocycles. The molecule has 1 aliphatic rings. The van der Waals surface area contributed by atoms with E-state index in [1.165, 1.54) is 35.0 Å². The zero-order chi connectivity index (χ0) is 14.7. The van der Waals surface area contributed by atoms with E-state index in [4.69, 9.17) is 5.21 Å². The average molecular weight is 287 g/mol. The lowest BCUT2D eigenvalue weighted by atomic mass is 10.1. The van der Waals surface area contributed by atoms with Crippen LogP contribution in [-0.4, -0.2) is 34.3 Å². The highest BCUT2D eigenvalue weighted by Gasteiger charge is 2.18. The standard InChI is InChI=1S/C17H25N3O/c1-14-15-7-2-3-8-16(15)17-13-19(11-6-9-18-21)10-4-5-12-20(14)17/h2-3,7-8,18,21H,4-6,9-13H2,1H3. The summed E-state index contributed by atoms with van der Waals surface area (Å²) < 4.78 is 2.51. The quantitative estimate of drug-likeness (QED) is 0.671. The Labute approximate surface area is 126 Å². The smallest absolute Gasteiger partial charge is 0.0398 e. The Kier molecular flexibility index (Phi) is 4.58. The van der Waals surface area contributed by atoms with Gasteiger partial charge in [0.25, 0.3) is 0 Å². The van der Waals surface area contributed by atoms with Crippen molar-refractivity contribution < 1.29 is 5.21 Å². The first kappa shape index (κ1) is 14.6. The number of hydroxylamine groups is 1. The van der Waals surface area contributed by atoms with Crippen molar-refractivity contribution >= 4 is 10.8 Å². The summed E-state index contributed by atoms with van der Waals surface area (Å²) in [7, 11) is 0. The molecule has 1 aliphatic heterocycles. The van der Waals surface area contributed by atoms with Crippen molar-refractivity contribution in [2.45, 2.75) is 39.3 Å². The van der Waals surface area contributed by atoms with E-state index in [1.807, 2.05) is 0 Å². The maximum atomic E-state index is 8.73. The van der Waals surface area contributed by atoms with Gasteiger partial charge in [0.05, 0.1) is 0 Å². The van der Waals surface area contributed by atoms with Crippen molar-refractivity contribution in [2.24, 2.45) is 0 Å². The van der Waals surface area contributed by atoms with Gasteiger partial charge in [-0.1, -0.05) is 24.3 Å². The lowest BCUT2D eigenvalue weighted by Crippen LogP contribution is -2.30. The summed E-state index contributed by atoms with van der Waals surface area (Å²) in [6, 6.07) is 8.76. The van der Waals surface area contributed by atoms with Gasteiger partial charge in [-0.05, 0) is 39.3 Å². The molecule has 1 aromatic carbocycles. The molecule has 0 saturated heterocycles. The highest BCUT2D eigenvalue weighted by Crippen LogP contribution is 2.28. The van der Waals surface area contributed by atoms with Crippen molar-refractivity contribution in [2.75, 3.05) is 19.6 Å². The number of fused-ring (bicyclic) bond motifs is 3. The van der Waals surface area contributed by atoms with Crippen LogP contribution in [0.1, 0.15) is 30.7 Å². The number of nitrogens with zero attached hydrogens (tertiary/aromatic N) is 2. The number of aromatic nitrogens is 1. The van der Waals surface area contributed by atoms with Crippen LogP contribution in [-0.2, 0) is 13.1 Å². The van der Waals surface area contributed by atoms with Crippen LogP contribution in [0.2, 0.25) is 0 Å². The molecule has 0 unspecified atom stereocenters. The highest BCUT2D eigenvalue weighted by molar-refractivity contribution is 5.88. The predicted octanol–water partition coefficient (Wildman–Crippen LogP) is 2.91. The molecule has 3 rings (SSSR count). The topological polar surface area (TPSA) is 40.4 Å². The van der Waals surface area contributed by atoms with Gasteiger partial charge >= 0.3 is 0 Å². The number of nitrogens with one attached hydrogen (secondary N) is 1. The number of hydrogen-bond donors (Lipinski definition) is 2. The first-order valence-electron chi connectivity index (χ1n) is 7.97. The van der Waals surface area contributed by atoms with Gasteiger partial charge in [0.15, 0.2) is 0 Å². The summed E-state index contributed by atoms with van der Waals surface area (Å²) >= 11 is 0. The Balaban J connectivity index is 1.91. The first-order valence-corrected chi connectivity index (χ1v) is 7.97. The second kappa shape index (κ2) is 6.60. The molecular weight excluding hydrogens is 262 g/mol. The third kappa shape index (κ3) is 2.98. The molecule has 0 bridgehead atoms. The zero-order valence-corrected chi connectivity index (χ0v) is 12.8. The highest BCUT2D eigenvalue weighted by atomic mass is 16.5. The van der Waals surface area contributed by atoms with E-state index in [1.54, 1.807) is 0 Å². The summed E-state index contributed by atoms with van der Waals surface area (Å²) in [5.41, 5.74) is 5.12. The SMILES string of the molecule is Cc1c2ccccc2c2n1CCCCN(CCCNO)C2. The Morgan fingerprint density at radius 3 is 2.71 bits per heavy atom. The number of benzene rings is 1. The molecule has 1 aromatic heterocycles. The summed E-state index contributed by atoms with van der Waals surface area (Å²) in [6.45, 7) is 7.25. The largest absolute Gasteiger partial charge is 0.347 e. The molecule has 0 aliphatic carbocycles. The van der Waals surface area contributed by atoms with Crippen LogP contribution in [0.25, 0.3) is 10.8 Å². The van der Waals surface area contributed by atoms with Crippen LogP contribution in [0.4, 0.5) is 0 Å². The summed E-state index contributed by atoms with van der Waals surface area (Å²) in [4.78, 5) is 2.52. The van der Waals surface area contributed by atoms with Gasteiger partial charge in [0.1, 0.15) is 0 Å². The van der Waals surface area contributed by atoms with Gasteiger partial charge in [-0.15, -0.1) is 0 Å². The van der Waals surface area contributed by atoms with Crippen LogP contribution < -0.4 is 5.48 Å². The molecule has 0 fully saturated rings. The zero-order valence-electron chi connectivity index (χ0n) is 12.8. The second-order valence-electron chi connectivity index (χ2n) is 5.97. The molecule has 0 radical (unpaired) electrons. The number of hydrogen-bond acceptors (Lipinski definition) is 3. The molecule has 4 nitrogen and oxygen atoms in total. The van der Waals surface area contributed by atoms with E-state index in [0.717, 1.165) is 32.6 Å². The maximum absolute atomic E-state index is 8.73. The lowest BCUT2D eigenvalue weighted by molar-refractivity contribution is 0.155. The van der Waals surface area contributed by atoms with Crippen LogP contribution in [0.5, 0.6) is 0 Å². The molecule has 114 valence electrons. The summed E-state index contributed by atoms with van der Waals surface area (Å²) in [6.07, 6.45) is 3.47. The Morgan fingerprint density at radius 1 is 1.14 bits per heavy atom. The maximum Gasteiger partial charge on any atom is 0.0398 e. The van der Waals surface area contributed by atoms with E-state index >= 15 is 0 Å². The second-order valence-corrected chi connectivity index (χ2v) is 5.97. The van der Waals surface area contributed by atoms with Gasteiger partial charge in [-0.2, -0.15) is 0 Å². The minimum atomic E-state index is 0.664. The van der Waals surface area contributed by atoms with E-state index < -0.39 is 0 Å². The van der Waals surface area contributed by atoms with Crippen LogP contribution in [0, 0.1) is 6.92 Å². The number of aryl methyl sites for hydroxylation is 1. The van der Waals surface area contributed by atoms with Crippen molar-refractivity contribution in [1.29, 1.82) is 0 Å². The van der Waals surface area contributed by atoms with Crippen molar-refractivity contribution in [3.63, 3.8) is 0 Å². The Hall–Kier alpha value is -1.36. The fraction of sp³-hybridized carbons (Fsp3) is 0.529. The van der Waals surface area contributed by atoms with Crippen LogP contribution in [0.3, 0.4) is 0 Å². The van der Waals surface area contributed by atoms with E-state index in [9.17, 15) is 0 Å². The van der Waals surface area contributed by atoms with E-state index in [0.29, 0.717) is 6.54 Å². The molecular formula is C17H25N3O. The van der Waals surface area contributed by atoms with Crippen LogP contribution >= 0.6 is 0 Å². The third-order valence-electron chi connectivity index (χ3n) is 4.60. The lowest BCUT2D eigenvalue weighted by Gasteiger charge is -2.26. The Bertz CT molecular complexity index is 605.